The van der Waals surface area contributed by atoms with Gasteiger partial charge in [0.1, 0.15) is 0 Å². The Morgan fingerprint density at radius 3 is 2.42 bits per heavy atom. The van der Waals surface area contributed by atoms with Crippen molar-refractivity contribution in [1.29, 1.82) is 0 Å². The molecule has 0 aromatic carbocycles. The molecule has 5 nitrogen and oxygen atoms in total. The molecule has 4 fully saturated rings. The first-order chi connectivity index (χ1) is 11.5. The number of nitrogens with one attached hydrogen (secondary N) is 1. The molecule has 24 heavy (non-hydrogen) atoms. The van der Waals surface area contributed by atoms with Crippen molar-refractivity contribution in [3.8, 4) is 0 Å². The molecule has 0 radical (unpaired) electrons. The predicted molar refractivity (Wildman–Crippen MR) is 90.1 cm³/mol. The summed E-state index contributed by atoms with van der Waals surface area (Å²) in [5.74, 6) is 3.94. The molecular formula is C19H27N3O2. The van der Waals surface area contributed by atoms with Gasteiger partial charge in [0.05, 0.1) is 0 Å². The van der Waals surface area contributed by atoms with E-state index >= 15 is 0 Å². The minimum Gasteiger partial charge on any atom is -0.352 e. The lowest BCUT2D eigenvalue weighted by atomic mass is 9.48. The van der Waals surface area contributed by atoms with Crippen molar-refractivity contribution in [2.75, 3.05) is 6.54 Å². The fourth-order valence-electron chi connectivity index (χ4n) is 5.73. The van der Waals surface area contributed by atoms with Gasteiger partial charge in [-0.25, -0.2) is 0 Å². The average Bonchev–Trinajstić information content (AvgIpc) is 2.91. The second kappa shape index (κ2) is 6.01. The Labute approximate surface area is 143 Å². The first-order valence-corrected chi connectivity index (χ1v) is 9.28. The van der Waals surface area contributed by atoms with Crippen LogP contribution in [0.4, 0.5) is 0 Å². The molecule has 1 aromatic rings. The van der Waals surface area contributed by atoms with Crippen LogP contribution >= 0.6 is 0 Å². The normalized spacial score (nSPS) is 34.6. The maximum absolute atomic E-state index is 12.3. The van der Waals surface area contributed by atoms with Crippen molar-refractivity contribution in [3.63, 3.8) is 0 Å². The zero-order valence-corrected chi connectivity index (χ0v) is 14.7. The maximum atomic E-state index is 12.3. The summed E-state index contributed by atoms with van der Waals surface area (Å²) in [6.07, 6.45) is 10.6. The molecule has 1 amide bonds. The van der Waals surface area contributed by atoms with Gasteiger partial charge in [-0.3, -0.25) is 4.79 Å². The third kappa shape index (κ3) is 3.01. The van der Waals surface area contributed by atoms with E-state index in [1.165, 1.54) is 44.1 Å². The molecule has 130 valence electrons. The fourth-order valence-corrected chi connectivity index (χ4v) is 5.73. The van der Waals surface area contributed by atoms with Crippen LogP contribution in [0, 0.1) is 30.1 Å². The van der Waals surface area contributed by atoms with Gasteiger partial charge in [0.25, 0.3) is 0 Å². The van der Waals surface area contributed by atoms with Gasteiger partial charge in [-0.05, 0) is 75.5 Å². The number of amides is 1. The van der Waals surface area contributed by atoms with Crippen molar-refractivity contribution in [2.45, 2.75) is 58.8 Å². The fraction of sp³-hybridized carbons (Fsp3) is 0.737. The predicted octanol–water partition coefficient (Wildman–Crippen LogP) is 3.20. The summed E-state index contributed by atoms with van der Waals surface area (Å²) >= 11 is 0. The van der Waals surface area contributed by atoms with Crippen molar-refractivity contribution >= 4 is 5.91 Å². The second-order valence-electron chi connectivity index (χ2n) is 8.30. The first kappa shape index (κ1) is 15.9. The lowest BCUT2D eigenvalue weighted by Crippen LogP contribution is -2.46. The van der Waals surface area contributed by atoms with Gasteiger partial charge in [0, 0.05) is 19.0 Å². The highest BCUT2D eigenvalue weighted by molar-refractivity contribution is 5.88. The van der Waals surface area contributed by atoms with Crippen LogP contribution in [-0.4, -0.2) is 22.6 Å². The number of carbonyl (C=O) groups excluding carboxylic acids is 1. The number of aromatic nitrogens is 2. The third-order valence-electron chi connectivity index (χ3n) is 6.43. The number of hydrogen-bond acceptors (Lipinski definition) is 4. The molecule has 0 unspecified atom stereocenters. The van der Waals surface area contributed by atoms with E-state index in [0.29, 0.717) is 30.1 Å². The topological polar surface area (TPSA) is 68.0 Å². The molecule has 4 aliphatic carbocycles. The Kier molecular flexibility index (Phi) is 3.97. The van der Waals surface area contributed by atoms with Crippen LogP contribution in [-0.2, 0) is 11.2 Å². The number of allylic oxidation sites excluding steroid dienone is 1. The molecule has 1 heterocycles. The highest BCUT2D eigenvalue weighted by atomic mass is 16.5. The van der Waals surface area contributed by atoms with Gasteiger partial charge in [0.15, 0.2) is 5.82 Å². The highest BCUT2D eigenvalue weighted by Gasteiger charge is 2.51. The number of carbonyl (C=O) groups is 1. The monoisotopic (exact) mass is 329 g/mol. The summed E-state index contributed by atoms with van der Waals surface area (Å²) in [4.78, 5) is 16.4. The third-order valence-corrected chi connectivity index (χ3v) is 6.43. The minimum absolute atomic E-state index is 0.0134. The summed E-state index contributed by atoms with van der Waals surface area (Å²) in [5.41, 5.74) is 1.61. The SMILES string of the molecule is CC(=CC(=O)NCCc1nc(C)no1)C12CC3CC(CC(C3)C1)C2. The van der Waals surface area contributed by atoms with Crippen LogP contribution in [0.5, 0.6) is 0 Å². The Morgan fingerprint density at radius 1 is 1.25 bits per heavy atom. The van der Waals surface area contributed by atoms with Crippen molar-refractivity contribution in [2.24, 2.45) is 23.2 Å². The lowest BCUT2D eigenvalue weighted by Gasteiger charge is -2.57. The van der Waals surface area contributed by atoms with E-state index in [9.17, 15) is 4.79 Å². The molecule has 0 atom stereocenters. The number of hydrogen-bond donors (Lipinski definition) is 1. The molecular weight excluding hydrogens is 302 g/mol. The van der Waals surface area contributed by atoms with Crippen LogP contribution in [0.15, 0.2) is 16.2 Å². The van der Waals surface area contributed by atoms with Crippen LogP contribution in [0.2, 0.25) is 0 Å². The minimum atomic E-state index is 0.0134. The number of aryl methyl sites for hydroxylation is 1. The van der Waals surface area contributed by atoms with Gasteiger partial charge in [-0.15, -0.1) is 0 Å². The Bertz CT molecular complexity index is 626. The lowest BCUT2D eigenvalue weighted by molar-refractivity contribution is -0.116. The standard InChI is InChI=1S/C19H27N3O2/c1-12(5-17(23)20-4-3-18-21-13(2)22-24-18)19-9-14-6-15(10-19)8-16(7-14)11-19/h5,14-16H,3-4,6-11H2,1-2H3,(H,20,23). The van der Waals surface area contributed by atoms with Crippen LogP contribution in [0.1, 0.15) is 57.2 Å². The molecule has 0 aliphatic heterocycles. The summed E-state index contributed by atoms with van der Waals surface area (Å²) in [7, 11) is 0. The van der Waals surface area contributed by atoms with Gasteiger partial charge < -0.3 is 9.84 Å². The molecule has 5 rings (SSSR count). The second-order valence-corrected chi connectivity index (χ2v) is 8.30. The zero-order chi connectivity index (χ0) is 16.7. The molecule has 1 N–H and O–H groups in total. The number of rotatable bonds is 5. The van der Waals surface area contributed by atoms with E-state index in [1.807, 2.05) is 6.08 Å². The Morgan fingerprint density at radius 2 is 1.88 bits per heavy atom. The van der Waals surface area contributed by atoms with Gasteiger partial charge in [-0.2, -0.15) is 4.98 Å². The Hall–Kier alpha value is -1.65. The molecule has 0 saturated heterocycles. The molecule has 4 bridgehead atoms. The smallest absolute Gasteiger partial charge is 0.243 e. The van der Waals surface area contributed by atoms with E-state index in [4.69, 9.17) is 4.52 Å². The summed E-state index contributed by atoms with van der Waals surface area (Å²) < 4.78 is 5.06. The van der Waals surface area contributed by atoms with E-state index in [1.54, 1.807) is 6.92 Å². The molecule has 1 aromatic heterocycles. The van der Waals surface area contributed by atoms with Crippen molar-refractivity contribution < 1.29 is 9.32 Å². The highest BCUT2D eigenvalue weighted by Crippen LogP contribution is 2.62. The van der Waals surface area contributed by atoms with E-state index in [-0.39, 0.29) is 5.91 Å². The van der Waals surface area contributed by atoms with E-state index < -0.39 is 0 Å². The van der Waals surface area contributed by atoms with Gasteiger partial charge in [-0.1, -0.05) is 10.7 Å². The Balaban J connectivity index is 1.35. The molecule has 4 saturated carbocycles. The van der Waals surface area contributed by atoms with E-state index in [0.717, 1.165) is 17.8 Å². The van der Waals surface area contributed by atoms with Crippen LogP contribution < -0.4 is 5.32 Å². The molecule has 4 aliphatic rings. The maximum Gasteiger partial charge on any atom is 0.243 e. The first-order valence-electron chi connectivity index (χ1n) is 9.28. The van der Waals surface area contributed by atoms with Gasteiger partial charge in [0.2, 0.25) is 11.8 Å². The average molecular weight is 329 g/mol. The largest absolute Gasteiger partial charge is 0.352 e. The van der Waals surface area contributed by atoms with E-state index in [2.05, 4.69) is 22.4 Å². The van der Waals surface area contributed by atoms with Gasteiger partial charge >= 0.3 is 0 Å². The quantitative estimate of drug-likeness (QED) is 0.842. The number of nitrogens with zero attached hydrogens (tertiary/aromatic N) is 2. The van der Waals surface area contributed by atoms with Crippen LogP contribution in [0.3, 0.4) is 0 Å². The summed E-state index contributed by atoms with van der Waals surface area (Å²) in [6.45, 7) is 4.50. The van der Waals surface area contributed by atoms with Crippen LogP contribution in [0.25, 0.3) is 0 Å². The van der Waals surface area contributed by atoms with Crippen molar-refractivity contribution in [1.82, 2.24) is 15.5 Å². The van der Waals surface area contributed by atoms with Crippen molar-refractivity contribution in [3.05, 3.63) is 23.4 Å². The summed E-state index contributed by atoms with van der Waals surface area (Å²) in [6, 6.07) is 0. The summed E-state index contributed by atoms with van der Waals surface area (Å²) in [5, 5.41) is 6.72. The molecule has 0 spiro atoms. The zero-order valence-electron chi connectivity index (χ0n) is 14.7. The molecule has 5 heteroatoms.